The SMILES string of the molecule is O=C1COc2ccc(Cl)cc2N1CC1(CS)CCCC1. The Kier molecular flexibility index (Phi) is 3.87. The maximum atomic E-state index is 12.2. The summed E-state index contributed by atoms with van der Waals surface area (Å²) in [5, 5.41) is 0.624. The van der Waals surface area contributed by atoms with Gasteiger partial charge in [0.15, 0.2) is 6.61 Å². The molecule has 1 amide bonds. The van der Waals surface area contributed by atoms with E-state index in [0.29, 0.717) is 11.6 Å². The molecule has 1 saturated carbocycles. The molecule has 0 saturated heterocycles. The van der Waals surface area contributed by atoms with Gasteiger partial charge >= 0.3 is 0 Å². The van der Waals surface area contributed by atoms with E-state index in [1.807, 2.05) is 17.0 Å². The molecule has 1 aromatic carbocycles. The third kappa shape index (κ3) is 2.51. The minimum atomic E-state index is 0.00725. The first-order chi connectivity index (χ1) is 9.63. The monoisotopic (exact) mass is 311 g/mol. The molecule has 0 spiro atoms. The number of ether oxygens (including phenoxy) is 1. The van der Waals surface area contributed by atoms with Gasteiger partial charge in [-0.15, -0.1) is 0 Å². The maximum absolute atomic E-state index is 12.2. The topological polar surface area (TPSA) is 29.5 Å². The van der Waals surface area contributed by atoms with Crippen LogP contribution in [0.5, 0.6) is 5.75 Å². The molecule has 0 atom stereocenters. The third-order valence-electron chi connectivity index (χ3n) is 4.36. The van der Waals surface area contributed by atoms with E-state index in [2.05, 4.69) is 12.6 Å². The third-order valence-corrected chi connectivity index (χ3v) is 5.26. The highest BCUT2D eigenvalue weighted by atomic mass is 35.5. The number of carbonyl (C=O) groups is 1. The van der Waals surface area contributed by atoms with E-state index >= 15 is 0 Å². The smallest absolute Gasteiger partial charge is 0.265 e. The Labute approximate surface area is 129 Å². The van der Waals surface area contributed by atoms with Crippen LogP contribution in [0.4, 0.5) is 5.69 Å². The van der Waals surface area contributed by atoms with Crippen LogP contribution in [0.25, 0.3) is 0 Å². The fraction of sp³-hybridized carbons (Fsp3) is 0.533. The summed E-state index contributed by atoms with van der Waals surface area (Å²) in [6, 6.07) is 5.44. The number of anilines is 1. The van der Waals surface area contributed by atoms with Crippen LogP contribution in [0.3, 0.4) is 0 Å². The van der Waals surface area contributed by atoms with E-state index < -0.39 is 0 Å². The number of hydrogen-bond donors (Lipinski definition) is 1. The second kappa shape index (κ2) is 5.49. The summed E-state index contributed by atoms with van der Waals surface area (Å²) in [5.74, 6) is 1.56. The molecular formula is C15H18ClNO2S. The molecule has 1 aromatic rings. The summed E-state index contributed by atoms with van der Waals surface area (Å²) < 4.78 is 5.48. The number of thiol groups is 1. The number of carbonyl (C=O) groups excluding carboxylic acids is 1. The van der Waals surface area contributed by atoms with Crippen molar-refractivity contribution in [1.29, 1.82) is 0 Å². The van der Waals surface area contributed by atoms with Crippen molar-refractivity contribution >= 4 is 35.8 Å². The molecule has 2 aliphatic rings. The van der Waals surface area contributed by atoms with Crippen LogP contribution in [0.15, 0.2) is 18.2 Å². The van der Waals surface area contributed by atoms with Crippen LogP contribution < -0.4 is 9.64 Å². The van der Waals surface area contributed by atoms with Gasteiger partial charge in [-0.25, -0.2) is 0 Å². The summed E-state index contributed by atoms with van der Waals surface area (Å²) in [5.41, 5.74) is 0.928. The van der Waals surface area contributed by atoms with Gasteiger partial charge in [-0.3, -0.25) is 4.79 Å². The molecule has 1 heterocycles. The van der Waals surface area contributed by atoms with Gasteiger partial charge in [0.05, 0.1) is 5.69 Å². The standard InChI is InChI=1S/C15H18ClNO2S/c16-11-3-4-13-12(7-11)17(14(18)8-19-13)9-15(10-20)5-1-2-6-15/h3-4,7,20H,1-2,5-6,8-10H2. The molecule has 20 heavy (non-hydrogen) atoms. The second-order valence-electron chi connectivity index (χ2n) is 5.75. The van der Waals surface area contributed by atoms with E-state index in [9.17, 15) is 4.79 Å². The van der Waals surface area contributed by atoms with Crippen molar-refractivity contribution in [2.24, 2.45) is 5.41 Å². The van der Waals surface area contributed by atoms with E-state index in [1.54, 1.807) is 6.07 Å². The Balaban J connectivity index is 1.92. The fourth-order valence-corrected chi connectivity index (χ4v) is 3.76. The van der Waals surface area contributed by atoms with E-state index in [4.69, 9.17) is 16.3 Å². The predicted molar refractivity (Wildman–Crippen MR) is 84.1 cm³/mol. The van der Waals surface area contributed by atoms with Crippen molar-refractivity contribution in [3.05, 3.63) is 23.2 Å². The van der Waals surface area contributed by atoms with Gasteiger partial charge in [0.25, 0.3) is 5.91 Å². The van der Waals surface area contributed by atoms with E-state index in [1.165, 1.54) is 12.8 Å². The number of fused-ring (bicyclic) bond motifs is 1. The van der Waals surface area contributed by atoms with Crippen molar-refractivity contribution < 1.29 is 9.53 Å². The number of halogens is 1. The molecule has 1 aliphatic carbocycles. The average molecular weight is 312 g/mol. The number of nitrogens with zero attached hydrogens (tertiary/aromatic N) is 1. The normalized spacial score (nSPS) is 20.7. The van der Waals surface area contributed by atoms with Gasteiger partial charge < -0.3 is 9.64 Å². The Bertz CT molecular complexity index is 529. The summed E-state index contributed by atoms with van der Waals surface area (Å²) in [7, 11) is 0. The molecule has 0 aromatic heterocycles. The molecule has 1 fully saturated rings. The average Bonchev–Trinajstić information content (AvgIpc) is 2.91. The zero-order valence-electron chi connectivity index (χ0n) is 11.3. The molecule has 108 valence electrons. The van der Waals surface area contributed by atoms with Crippen LogP contribution >= 0.6 is 24.2 Å². The molecule has 3 rings (SSSR count). The van der Waals surface area contributed by atoms with Crippen molar-refractivity contribution in [3.63, 3.8) is 0 Å². The number of rotatable bonds is 3. The second-order valence-corrected chi connectivity index (χ2v) is 6.50. The zero-order chi connectivity index (χ0) is 14.2. The highest BCUT2D eigenvalue weighted by Crippen LogP contribution is 2.43. The largest absolute Gasteiger partial charge is 0.482 e. The lowest BCUT2D eigenvalue weighted by atomic mass is 9.87. The molecule has 0 unspecified atom stereocenters. The number of amides is 1. The van der Waals surface area contributed by atoms with Gasteiger partial charge in [0.1, 0.15) is 5.75 Å². The molecule has 5 heteroatoms. The van der Waals surface area contributed by atoms with Gasteiger partial charge in [-0.05, 0) is 42.2 Å². The van der Waals surface area contributed by atoms with Crippen molar-refractivity contribution in [3.8, 4) is 5.75 Å². The van der Waals surface area contributed by atoms with Crippen LogP contribution in [0.2, 0.25) is 5.02 Å². The number of benzene rings is 1. The first-order valence-electron chi connectivity index (χ1n) is 6.97. The molecular weight excluding hydrogens is 294 g/mol. The lowest BCUT2D eigenvalue weighted by Crippen LogP contribution is -2.45. The van der Waals surface area contributed by atoms with Gasteiger partial charge in [-0.2, -0.15) is 12.6 Å². The Morgan fingerprint density at radius 2 is 2.10 bits per heavy atom. The minimum absolute atomic E-state index is 0.00725. The molecule has 0 bridgehead atoms. The quantitative estimate of drug-likeness (QED) is 0.865. The number of hydrogen-bond acceptors (Lipinski definition) is 3. The maximum Gasteiger partial charge on any atom is 0.265 e. The Morgan fingerprint density at radius 3 is 2.80 bits per heavy atom. The lowest BCUT2D eigenvalue weighted by molar-refractivity contribution is -0.121. The van der Waals surface area contributed by atoms with Gasteiger partial charge in [-0.1, -0.05) is 24.4 Å². The van der Waals surface area contributed by atoms with Gasteiger partial charge in [0.2, 0.25) is 0 Å². The van der Waals surface area contributed by atoms with Crippen molar-refractivity contribution in [1.82, 2.24) is 0 Å². The Morgan fingerprint density at radius 1 is 1.35 bits per heavy atom. The van der Waals surface area contributed by atoms with E-state index in [-0.39, 0.29) is 17.9 Å². The lowest BCUT2D eigenvalue weighted by Gasteiger charge is -2.37. The van der Waals surface area contributed by atoms with Crippen molar-refractivity contribution in [2.45, 2.75) is 25.7 Å². The van der Waals surface area contributed by atoms with Crippen molar-refractivity contribution in [2.75, 3.05) is 23.8 Å². The minimum Gasteiger partial charge on any atom is -0.482 e. The van der Waals surface area contributed by atoms with Crippen LogP contribution in [0, 0.1) is 5.41 Å². The highest BCUT2D eigenvalue weighted by Gasteiger charge is 2.38. The van der Waals surface area contributed by atoms with Crippen LogP contribution in [0.1, 0.15) is 25.7 Å². The zero-order valence-corrected chi connectivity index (χ0v) is 12.9. The molecule has 0 radical (unpaired) electrons. The first kappa shape index (κ1) is 14.1. The summed E-state index contributed by atoms with van der Waals surface area (Å²) in [4.78, 5) is 14.1. The van der Waals surface area contributed by atoms with Crippen LogP contribution in [-0.2, 0) is 4.79 Å². The van der Waals surface area contributed by atoms with Crippen LogP contribution in [-0.4, -0.2) is 24.8 Å². The molecule has 1 aliphatic heterocycles. The highest BCUT2D eigenvalue weighted by molar-refractivity contribution is 7.80. The van der Waals surface area contributed by atoms with Gasteiger partial charge in [0, 0.05) is 11.6 Å². The van der Waals surface area contributed by atoms with E-state index in [0.717, 1.165) is 30.0 Å². The Hall–Kier alpha value is -0.870. The summed E-state index contributed by atoms with van der Waals surface area (Å²) >= 11 is 10.6. The fourth-order valence-electron chi connectivity index (χ4n) is 3.18. The predicted octanol–water partition coefficient (Wildman–Crippen LogP) is 3.56. The molecule has 0 N–H and O–H groups in total. The molecule has 3 nitrogen and oxygen atoms in total. The summed E-state index contributed by atoms with van der Waals surface area (Å²) in [6.07, 6.45) is 4.72. The summed E-state index contributed by atoms with van der Waals surface area (Å²) in [6.45, 7) is 0.823. The first-order valence-corrected chi connectivity index (χ1v) is 7.98.